The van der Waals surface area contributed by atoms with Crippen LogP contribution in [-0.4, -0.2) is 36.9 Å². The van der Waals surface area contributed by atoms with Crippen LogP contribution in [0.25, 0.3) is 11.0 Å². The van der Waals surface area contributed by atoms with Crippen molar-refractivity contribution in [3.63, 3.8) is 0 Å². The van der Waals surface area contributed by atoms with Gasteiger partial charge in [0.05, 0.1) is 5.56 Å². The fraction of sp³-hybridized carbons (Fsp3) is 0.400. The lowest BCUT2D eigenvalue weighted by molar-refractivity contribution is 0.103. The maximum atomic E-state index is 14.7. The van der Waals surface area contributed by atoms with Gasteiger partial charge in [0.1, 0.15) is 18.0 Å². The maximum Gasteiger partial charge on any atom is 0.197 e. The number of hydrogen-bond acceptors (Lipinski definition) is 5. The van der Waals surface area contributed by atoms with E-state index in [2.05, 4.69) is 11.8 Å². The molecule has 1 fully saturated rings. The smallest absolute Gasteiger partial charge is 0.197 e. The molecule has 0 unspecified atom stereocenters. The summed E-state index contributed by atoms with van der Waals surface area (Å²) >= 11 is 0. The number of likely N-dealkylation sites (tertiary alicyclic amines) is 1. The van der Waals surface area contributed by atoms with Gasteiger partial charge in [0.15, 0.2) is 17.3 Å². The van der Waals surface area contributed by atoms with Gasteiger partial charge in [0.25, 0.3) is 0 Å². The van der Waals surface area contributed by atoms with Crippen molar-refractivity contribution >= 4 is 22.4 Å². The fourth-order valence-corrected chi connectivity index (χ4v) is 4.12. The molecule has 0 saturated carbocycles. The van der Waals surface area contributed by atoms with Gasteiger partial charge in [0, 0.05) is 29.6 Å². The van der Waals surface area contributed by atoms with Crippen molar-refractivity contribution in [2.45, 2.75) is 39.0 Å². The number of ketones is 1. The minimum atomic E-state index is -0.533. The third kappa shape index (κ3) is 4.74. The van der Waals surface area contributed by atoms with Crippen LogP contribution in [0.5, 0.6) is 5.75 Å². The van der Waals surface area contributed by atoms with Crippen molar-refractivity contribution in [3.05, 3.63) is 59.1 Å². The van der Waals surface area contributed by atoms with Crippen LogP contribution in [0.4, 0.5) is 10.1 Å². The lowest BCUT2D eigenvalue weighted by atomic mass is 9.98. The highest BCUT2D eigenvalue weighted by Gasteiger charge is 2.23. The molecule has 0 amide bonds. The van der Waals surface area contributed by atoms with Crippen molar-refractivity contribution in [2.24, 2.45) is 0 Å². The molecule has 1 aliphatic heterocycles. The monoisotopic (exact) mass is 424 g/mol. The molecule has 6 heteroatoms. The summed E-state index contributed by atoms with van der Waals surface area (Å²) in [5, 5.41) is 0.669. The summed E-state index contributed by atoms with van der Waals surface area (Å²) < 4.78 is 26.3. The number of rotatable bonds is 9. The Kier molecular flexibility index (Phi) is 6.56. The summed E-state index contributed by atoms with van der Waals surface area (Å²) in [4.78, 5) is 15.7. The molecule has 0 radical (unpaired) electrons. The van der Waals surface area contributed by atoms with Gasteiger partial charge in [-0.05, 0) is 68.8 Å². The number of aryl methyl sites for hydroxylation is 1. The van der Waals surface area contributed by atoms with Crippen LogP contribution < -0.4 is 10.5 Å². The van der Waals surface area contributed by atoms with E-state index in [9.17, 15) is 9.18 Å². The highest BCUT2D eigenvalue weighted by atomic mass is 19.1. The van der Waals surface area contributed by atoms with Crippen LogP contribution in [-0.2, 0) is 6.42 Å². The first kappa shape index (κ1) is 21.4. The molecule has 164 valence electrons. The molecule has 5 nitrogen and oxygen atoms in total. The molecule has 2 aromatic carbocycles. The number of unbranched alkanes of at least 4 members (excludes halogenated alkanes) is 1. The van der Waals surface area contributed by atoms with Crippen LogP contribution in [0, 0.1) is 5.82 Å². The van der Waals surface area contributed by atoms with Gasteiger partial charge >= 0.3 is 0 Å². The van der Waals surface area contributed by atoms with E-state index in [0.29, 0.717) is 41.0 Å². The number of benzene rings is 2. The van der Waals surface area contributed by atoms with Gasteiger partial charge in [-0.25, -0.2) is 4.39 Å². The second-order valence-corrected chi connectivity index (χ2v) is 8.13. The Morgan fingerprint density at radius 2 is 2.00 bits per heavy atom. The van der Waals surface area contributed by atoms with Gasteiger partial charge in [-0.1, -0.05) is 13.3 Å². The van der Waals surface area contributed by atoms with Crippen LogP contribution in [0.3, 0.4) is 0 Å². The third-order valence-corrected chi connectivity index (χ3v) is 5.83. The van der Waals surface area contributed by atoms with E-state index < -0.39 is 5.82 Å². The standard InChI is InChI=1S/C25H29FN2O3/c1-2-3-6-23-24(19-16-18(27)8-10-21(19)31-23)25(29)17-7-9-22(20(26)15-17)30-14-13-28-11-4-5-12-28/h7-10,15-16H,2-6,11-14,27H2,1H3. The number of nitrogen functional groups attached to an aromatic ring is 1. The number of carbonyl (C=O) groups excluding carboxylic acids is 1. The number of nitrogens with two attached hydrogens (primary N) is 1. The Morgan fingerprint density at radius 1 is 1.19 bits per heavy atom. The van der Waals surface area contributed by atoms with Crippen molar-refractivity contribution in [3.8, 4) is 5.75 Å². The number of furan rings is 1. The molecule has 2 heterocycles. The van der Waals surface area contributed by atoms with E-state index in [1.165, 1.54) is 25.0 Å². The first-order valence-corrected chi connectivity index (χ1v) is 11.1. The van der Waals surface area contributed by atoms with Gasteiger partial charge < -0.3 is 14.9 Å². The second-order valence-electron chi connectivity index (χ2n) is 8.13. The molecule has 4 rings (SSSR count). The predicted molar refractivity (Wildman–Crippen MR) is 120 cm³/mol. The number of carbonyl (C=O) groups is 1. The normalized spacial score (nSPS) is 14.4. The SMILES string of the molecule is CCCCc1oc2ccc(N)cc2c1C(=O)c1ccc(OCCN2CCCC2)c(F)c1. The molecule has 1 aliphatic rings. The number of ether oxygens (including phenoxy) is 1. The van der Waals surface area contributed by atoms with Crippen LogP contribution >= 0.6 is 0 Å². The Balaban J connectivity index is 1.56. The first-order chi connectivity index (χ1) is 15.1. The lowest BCUT2D eigenvalue weighted by Crippen LogP contribution is -2.25. The molecule has 31 heavy (non-hydrogen) atoms. The highest BCUT2D eigenvalue weighted by Crippen LogP contribution is 2.31. The third-order valence-electron chi connectivity index (χ3n) is 5.83. The zero-order valence-electron chi connectivity index (χ0n) is 18.0. The summed E-state index contributed by atoms with van der Waals surface area (Å²) in [6, 6.07) is 9.67. The summed E-state index contributed by atoms with van der Waals surface area (Å²) in [7, 11) is 0. The fourth-order valence-electron chi connectivity index (χ4n) is 4.12. The zero-order valence-corrected chi connectivity index (χ0v) is 18.0. The van der Waals surface area contributed by atoms with Gasteiger partial charge in [-0.2, -0.15) is 0 Å². The molecular weight excluding hydrogens is 395 g/mol. The molecule has 1 aromatic heterocycles. The predicted octanol–water partition coefficient (Wildman–Crippen LogP) is 5.20. The van der Waals surface area contributed by atoms with Gasteiger partial charge in [-0.3, -0.25) is 9.69 Å². The summed E-state index contributed by atoms with van der Waals surface area (Å²) in [5.74, 6) is -0.00490. The Hall–Kier alpha value is -2.86. The molecule has 2 N–H and O–H groups in total. The summed E-state index contributed by atoms with van der Waals surface area (Å²) in [6.45, 7) is 5.44. The average Bonchev–Trinajstić information content (AvgIpc) is 3.40. The Morgan fingerprint density at radius 3 is 2.74 bits per heavy atom. The Bertz CT molecular complexity index is 1070. The van der Waals surface area contributed by atoms with E-state index >= 15 is 0 Å². The number of fused-ring (bicyclic) bond motifs is 1. The topological polar surface area (TPSA) is 68.7 Å². The molecular formula is C25H29FN2O3. The lowest BCUT2D eigenvalue weighted by Gasteiger charge is -2.15. The summed E-state index contributed by atoms with van der Waals surface area (Å²) in [5.41, 5.74) is 7.85. The van der Waals surface area contributed by atoms with E-state index in [0.717, 1.165) is 32.5 Å². The van der Waals surface area contributed by atoms with Gasteiger partial charge in [-0.15, -0.1) is 0 Å². The van der Waals surface area contributed by atoms with Gasteiger partial charge in [0.2, 0.25) is 0 Å². The minimum Gasteiger partial charge on any atom is -0.489 e. The van der Waals surface area contributed by atoms with Crippen LogP contribution in [0.1, 0.15) is 54.3 Å². The van der Waals surface area contributed by atoms with Crippen molar-refractivity contribution in [1.82, 2.24) is 4.90 Å². The van der Waals surface area contributed by atoms with Crippen molar-refractivity contribution in [2.75, 3.05) is 32.0 Å². The molecule has 0 atom stereocenters. The number of nitrogens with zero attached hydrogens (tertiary/aromatic N) is 1. The number of hydrogen-bond donors (Lipinski definition) is 1. The largest absolute Gasteiger partial charge is 0.489 e. The second kappa shape index (κ2) is 9.52. The van der Waals surface area contributed by atoms with Crippen LogP contribution in [0.15, 0.2) is 40.8 Å². The van der Waals surface area contributed by atoms with E-state index in [4.69, 9.17) is 14.9 Å². The number of halogens is 1. The Labute approximate surface area is 182 Å². The maximum absolute atomic E-state index is 14.7. The molecule has 0 aliphatic carbocycles. The quantitative estimate of drug-likeness (QED) is 0.378. The van der Waals surface area contributed by atoms with E-state index in [-0.39, 0.29) is 17.1 Å². The minimum absolute atomic E-state index is 0.170. The molecule has 0 bridgehead atoms. The van der Waals surface area contributed by atoms with E-state index in [1.807, 2.05) is 0 Å². The average molecular weight is 425 g/mol. The number of anilines is 1. The summed E-state index contributed by atoms with van der Waals surface area (Å²) in [6.07, 6.45) is 4.94. The molecule has 0 spiro atoms. The van der Waals surface area contributed by atoms with Crippen molar-refractivity contribution < 1.29 is 18.3 Å². The molecule has 3 aromatic rings. The first-order valence-electron chi connectivity index (χ1n) is 11.1. The highest BCUT2D eigenvalue weighted by molar-refractivity contribution is 6.17. The molecule has 1 saturated heterocycles. The van der Waals surface area contributed by atoms with Crippen molar-refractivity contribution in [1.29, 1.82) is 0 Å². The zero-order chi connectivity index (χ0) is 21.8. The van der Waals surface area contributed by atoms with Crippen LogP contribution in [0.2, 0.25) is 0 Å². The van der Waals surface area contributed by atoms with E-state index in [1.54, 1.807) is 24.3 Å².